The van der Waals surface area contributed by atoms with Crippen LogP contribution in [0.5, 0.6) is 0 Å². The normalized spacial score (nSPS) is 10.2. The number of anilines is 1. The monoisotopic (exact) mass is 336 g/mol. The number of carbonyl (C=O) groups excluding carboxylic acids is 1. The van der Waals surface area contributed by atoms with Gasteiger partial charge in [-0.3, -0.25) is 4.79 Å². The molecule has 0 saturated carbocycles. The summed E-state index contributed by atoms with van der Waals surface area (Å²) in [7, 11) is 1.81. The van der Waals surface area contributed by atoms with Crippen molar-refractivity contribution in [3.63, 3.8) is 0 Å². The fourth-order valence-electron chi connectivity index (χ4n) is 1.74. The van der Waals surface area contributed by atoms with Gasteiger partial charge in [0.05, 0.1) is 0 Å². The Morgan fingerprint density at radius 1 is 1.20 bits per heavy atom. The zero-order chi connectivity index (χ0) is 14.5. The molecule has 0 heterocycles. The smallest absolute Gasteiger partial charge is 0.251 e. The standard InChI is InChI=1S/C15H14BrFN2O/c1-18-13-5-2-10(3-6-13)15(20)19-9-11-8-12(16)4-7-14(11)17/h2-8,18H,9H2,1H3,(H,19,20). The predicted molar refractivity (Wildman–Crippen MR) is 81.3 cm³/mol. The summed E-state index contributed by atoms with van der Waals surface area (Å²) in [5, 5.41) is 5.68. The van der Waals surface area contributed by atoms with Gasteiger partial charge in [0.25, 0.3) is 5.91 Å². The lowest BCUT2D eigenvalue weighted by atomic mass is 10.1. The zero-order valence-electron chi connectivity index (χ0n) is 10.9. The molecule has 1 amide bonds. The highest BCUT2D eigenvalue weighted by Crippen LogP contribution is 2.15. The average Bonchev–Trinajstić information content (AvgIpc) is 2.48. The van der Waals surface area contributed by atoms with Gasteiger partial charge >= 0.3 is 0 Å². The van der Waals surface area contributed by atoms with Crippen LogP contribution in [0.25, 0.3) is 0 Å². The second kappa shape index (κ2) is 6.52. The number of nitrogens with one attached hydrogen (secondary N) is 2. The van der Waals surface area contributed by atoms with Crippen molar-refractivity contribution in [1.82, 2.24) is 5.32 Å². The molecule has 0 aromatic heterocycles. The second-order valence-corrected chi connectivity index (χ2v) is 5.16. The molecule has 104 valence electrons. The van der Waals surface area contributed by atoms with Gasteiger partial charge in [-0.1, -0.05) is 15.9 Å². The molecule has 0 bridgehead atoms. The van der Waals surface area contributed by atoms with E-state index < -0.39 is 0 Å². The van der Waals surface area contributed by atoms with Gasteiger partial charge in [-0.15, -0.1) is 0 Å². The Balaban J connectivity index is 2.02. The summed E-state index contributed by atoms with van der Waals surface area (Å²) in [4.78, 5) is 11.9. The van der Waals surface area contributed by atoms with Crippen LogP contribution in [0.2, 0.25) is 0 Å². The molecule has 0 aliphatic rings. The van der Waals surface area contributed by atoms with Gasteiger partial charge in [0, 0.05) is 34.9 Å². The predicted octanol–water partition coefficient (Wildman–Crippen LogP) is 3.56. The van der Waals surface area contributed by atoms with Crippen LogP contribution >= 0.6 is 15.9 Å². The van der Waals surface area contributed by atoms with Gasteiger partial charge in [-0.2, -0.15) is 0 Å². The first-order valence-electron chi connectivity index (χ1n) is 6.10. The third kappa shape index (κ3) is 3.57. The van der Waals surface area contributed by atoms with Crippen molar-refractivity contribution in [2.75, 3.05) is 12.4 Å². The van der Waals surface area contributed by atoms with E-state index in [2.05, 4.69) is 26.6 Å². The first kappa shape index (κ1) is 14.5. The molecule has 0 saturated heterocycles. The molecule has 0 aliphatic carbocycles. The summed E-state index contributed by atoms with van der Waals surface area (Å²) < 4.78 is 14.3. The molecule has 0 spiro atoms. The number of rotatable bonds is 4. The lowest BCUT2D eigenvalue weighted by Crippen LogP contribution is -2.23. The van der Waals surface area contributed by atoms with Crippen LogP contribution in [-0.4, -0.2) is 13.0 Å². The molecule has 5 heteroatoms. The van der Waals surface area contributed by atoms with Gasteiger partial charge in [-0.05, 0) is 42.5 Å². The average molecular weight is 337 g/mol. The molecular weight excluding hydrogens is 323 g/mol. The summed E-state index contributed by atoms with van der Waals surface area (Å²) in [5.74, 6) is -0.564. The number of halogens is 2. The molecule has 2 aromatic rings. The van der Waals surface area contributed by atoms with E-state index in [1.54, 1.807) is 24.3 Å². The summed E-state index contributed by atoms with van der Waals surface area (Å²) in [6, 6.07) is 11.7. The molecule has 0 aliphatic heterocycles. The van der Waals surface area contributed by atoms with Gasteiger partial charge < -0.3 is 10.6 Å². The van der Waals surface area contributed by atoms with Crippen molar-refractivity contribution in [3.8, 4) is 0 Å². The molecule has 2 rings (SSSR count). The molecule has 2 N–H and O–H groups in total. The SMILES string of the molecule is CNc1ccc(C(=O)NCc2cc(Br)ccc2F)cc1. The first-order valence-corrected chi connectivity index (χ1v) is 6.89. The second-order valence-electron chi connectivity index (χ2n) is 4.25. The van der Waals surface area contributed by atoms with Crippen LogP contribution in [0, 0.1) is 5.82 Å². The topological polar surface area (TPSA) is 41.1 Å². The van der Waals surface area contributed by atoms with E-state index in [1.165, 1.54) is 6.07 Å². The Bertz CT molecular complexity index is 614. The summed E-state index contributed by atoms with van der Waals surface area (Å²) >= 11 is 3.28. The van der Waals surface area contributed by atoms with Gasteiger partial charge in [0.2, 0.25) is 0 Å². The first-order chi connectivity index (χ1) is 9.60. The molecule has 0 atom stereocenters. The third-order valence-corrected chi connectivity index (χ3v) is 3.38. The number of hydrogen-bond donors (Lipinski definition) is 2. The lowest BCUT2D eigenvalue weighted by molar-refractivity contribution is 0.0950. The van der Waals surface area contributed by atoms with E-state index in [1.807, 2.05) is 19.2 Å². The highest BCUT2D eigenvalue weighted by atomic mass is 79.9. The number of benzene rings is 2. The Morgan fingerprint density at radius 3 is 2.55 bits per heavy atom. The van der Waals surface area contributed by atoms with E-state index in [0.717, 1.165) is 10.2 Å². The maximum Gasteiger partial charge on any atom is 0.251 e. The molecule has 2 aromatic carbocycles. The highest BCUT2D eigenvalue weighted by molar-refractivity contribution is 9.10. The van der Waals surface area contributed by atoms with Crippen molar-refractivity contribution >= 4 is 27.5 Å². The molecular formula is C15H14BrFN2O. The van der Waals surface area contributed by atoms with Crippen LogP contribution in [0.15, 0.2) is 46.9 Å². The lowest BCUT2D eigenvalue weighted by Gasteiger charge is -2.07. The summed E-state index contributed by atoms with van der Waals surface area (Å²) in [6.45, 7) is 0.151. The van der Waals surface area contributed by atoms with E-state index in [-0.39, 0.29) is 18.3 Å². The molecule has 0 unspecified atom stereocenters. The maximum absolute atomic E-state index is 13.5. The van der Waals surface area contributed by atoms with Crippen molar-refractivity contribution in [2.24, 2.45) is 0 Å². The maximum atomic E-state index is 13.5. The van der Waals surface area contributed by atoms with Crippen LogP contribution in [0.1, 0.15) is 15.9 Å². The van der Waals surface area contributed by atoms with Crippen molar-refractivity contribution < 1.29 is 9.18 Å². The summed E-state index contributed by atoms with van der Waals surface area (Å²) in [5.41, 5.74) is 1.92. The summed E-state index contributed by atoms with van der Waals surface area (Å²) in [6.07, 6.45) is 0. The van der Waals surface area contributed by atoms with Crippen LogP contribution in [-0.2, 0) is 6.54 Å². The van der Waals surface area contributed by atoms with Crippen LogP contribution in [0.4, 0.5) is 10.1 Å². The van der Waals surface area contributed by atoms with E-state index in [0.29, 0.717) is 11.1 Å². The van der Waals surface area contributed by atoms with Crippen molar-refractivity contribution in [2.45, 2.75) is 6.54 Å². The molecule has 0 radical (unpaired) electrons. The quantitative estimate of drug-likeness (QED) is 0.896. The zero-order valence-corrected chi connectivity index (χ0v) is 12.5. The minimum atomic E-state index is -0.334. The Labute approximate surface area is 125 Å². The Morgan fingerprint density at radius 2 is 1.90 bits per heavy atom. The Hall–Kier alpha value is -1.88. The van der Waals surface area contributed by atoms with Crippen LogP contribution in [0.3, 0.4) is 0 Å². The fourth-order valence-corrected chi connectivity index (χ4v) is 2.15. The minimum absolute atomic E-state index is 0.151. The number of hydrogen-bond acceptors (Lipinski definition) is 2. The Kier molecular flexibility index (Phi) is 4.74. The third-order valence-electron chi connectivity index (χ3n) is 2.88. The van der Waals surface area contributed by atoms with Gasteiger partial charge in [0.15, 0.2) is 0 Å². The van der Waals surface area contributed by atoms with Crippen molar-refractivity contribution in [1.29, 1.82) is 0 Å². The largest absolute Gasteiger partial charge is 0.388 e. The molecule has 0 fully saturated rings. The highest BCUT2D eigenvalue weighted by Gasteiger charge is 2.07. The van der Waals surface area contributed by atoms with E-state index >= 15 is 0 Å². The minimum Gasteiger partial charge on any atom is -0.388 e. The van der Waals surface area contributed by atoms with E-state index in [4.69, 9.17) is 0 Å². The molecule has 20 heavy (non-hydrogen) atoms. The van der Waals surface area contributed by atoms with Gasteiger partial charge in [0.1, 0.15) is 5.82 Å². The number of amides is 1. The van der Waals surface area contributed by atoms with E-state index in [9.17, 15) is 9.18 Å². The number of carbonyl (C=O) groups is 1. The van der Waals surface area contributed by atoms with Crippen LogP contribution < -0.4 is 10.6 Å². The fraction of sp³-hybridized carbons (Fsp3) is 0.133. The van der Waals surface area contributed by atoms with Crippen molar-refractivity contribution in [3.05, 3.63) is 63.9 Å². The molecule has 3 nitrogen and oxygen atoms in total. The van der Waals surface area contributed by atoms with Gasteiger partial charge in [-0.25, -0.2) is 4.39 Å².